The fraction of sp³-hybridized carbons (Fsp3) is 0.526. The van der Waals surface area contributed by atoms with Crippen LogP contribution in [0.3, 0.4) is 0 Å². The van der Waals surface area contributed by atoms with Crippen LogP contribution in [0, 0.1) is 0 Å². The second-order valence-corrected chi connectivity index (χ2v) is 7.70. The molecule has 1 aliphatic rings. The van der Waals surface area contributed by atoms with Gasteiger partial charge in [0.15, 0.2) is 5.96 Å². The number of nitrogens with one attached hydrogen (secondary N) is 1. The van der Waals surface area contributed by atoms with Crippen molar-refractivity contribution in [2.45, 2.75) is 45.3 Å². The normalized spacial score (nSPS) is 14.9. The number of guanidine groups is 1. The summed E-state index contributed by atoms with van der Waals surface area (Å²) in [6, 6.07) is 3.63. The van der Waals surface area contributed by atoms with Crippen LogP contribution in [0.5, 0.6) is 0 Å². The van der Waals surface area contributed by atoms with Gasteiger partial charge in [0, 0.05) is 30.9 Å². The van der Waals surface area contributed by atoms with E-state index in [1.165, 1.54) is 29.8 Å². The lowest BCUT2D eigenvalue weighted by Crippen LogP contribution is -2.38. The van der Waals surface area contributed by atoms with Crippen LogP contribution in [0.4, 0.5) is 0 Å². The fourth-order valence-corrected chi connectivity index (χ4v) is 4.29. The summed E-state index contributed by atoms with van der Waals surface area (Å²) < 4.78 is 0. The Morgan fingerprint density at radius 3 is 2.78 bits per heavy atom. The summed E-state index contributed by atoms with van der Waals surface area (Å²) >= 11 is 1.83. The highest BCUT2D eigenvalue weighted by Crippen LogP contribution is 2.27. The SMILES string of the molecule is CCNC(=NCC(O)c1ccncc1)N(C)Cc1nc2c(s1)CCCC2.I. The highest BCUT2D eigenvalue weighted by Gasteiger charge is 2.17. The largest absolute Gasteiger partial charge is 0.386 e. The number of aliphatic hydroxyl groups is 1. The zero-order valence-corrected chi connectivity index (χ0v) is 19.0. The minimum Gasteiger partial charge on any atom is -0.386 e. The molecule has 0 fully saturated rings. The second-order valence-electron chi connectivity index (χ2n) is 6.53. The van der Waals surface area contributed by atoms with Crippen molar-refractivity contribution in [2.75, 3.05) is 20.1 Å². The highest BCUT2D eigenvalue weighted by atomic mass is 127. The average molecular weight is 501 g/mol. The molecular weight excluding hydrogens is 473 g/mol. The van der Waals surface area contributed by atoms with Crippen molar-refractivity contribution in [3.63, 3.8) is 0 Å². The number of rotatable bonds is 6. The molecule has 1 unspecified atom stereocenters. The van der Waals surface area contributed by atoms with Gasteiger partial charge in [0.05, 0.1) is 24.9 Å². The molecule has 0 aliphatic heterocycles. The molecule has 1 aliphatic carbocycles. The maximum absolute atomic E-state index is 10.3. The summed E-state index contributed by atoms with van der Waals surface area (Å²) in [4.78, 5) is 16.9. The number of aliphatic hydroxyl groups excluding tert-OH is 1. The van der Waals surface area contributed by atoms with E-state index in [1.54, 1.807) is 12.4 Å². The molecule has 0 bridgehead atoms. The molecule has 148 valence electrons. The first-order chi connectivity index (χ1) is 12.7. The number of fused-ring (bicyclic) bond motifs is 1. The van der Waals surface area contributed by atoms with Gasteiger partial charge in [0.1, 0.15) is 5.01 Å². The maximum Gasteiger partial charge on any atom is 0.194 e. The number of hydrogen-bond donors (Lipinski definition) is 2. The van der Waals surface area contributed by atoms with Crippen molar-refractivity contribution >= 4 is 41.3 Å². The Labute approximate surface area is 182 Å². The molecule has 8 heteroatoms. The minimum absolute atomic E-state index is 0. The van der Waals surface area contributed by atoms with E-state index in [9.17, 15) is 5.11 Å². The van der Waals surface area contributed by atoms with Crippen LogP contribution < -0.4 is 5.32 Å². The van der Waals surface area contributed by atoms with Gasteiger partial charge < -0.3 is 15.3 Å². The Bertz CT molecular complexity index is 713. The summed E-state index contributed by atoms with van der Waals surface area (Å²) in [5, 5.41) is 14.8. The van der Waals surface area contributed by atoms with Gasteiger partial charge in [-0.1, -0.05) is 0 Å². The van der Waals surface area contributed by atoms with Gasteiger partial charge >= 0.3 is 0 Å². The van der Waals surface area contributed by atoms with Crippen molar-refractivity contribution in [3.8, 4) is 0 Å². The molecule has 0 saturated heterocycles. The highest BCUT2D eigenvalue weighted by molar-refractivity contribution is 14.0. The van der Waals surface area contributed by atoms with E-state index >= 15 is 0 Å². The summed E-state index contributed by atoms with van der Waals surface area (Å²) in [5.74, 6) is 0.786. The third kappa shape index (κ3) is 6.11. The van der Waals surface area contributed by atoms with Gasteiger partial charge in [-0.15, -0.1) is 35.3 Å². The maximum atomic E-state index is 10.3. The Hall–Kier alpha value is -1.26. The smallest absolute Gasteiger partial charge is 0.194 e. The lowest BCUT2D eigenvalue weighted by atomic mass is 10.0. The number of thiazole rings is 1. The number of aliphatic imine (C=N–C) groups is 1. The summed E-state index contributed by atoms with van der Waals surface area (Å²) in [6.07, 6.45) is 7.55. The lowest BCUT2D eigenvalue weighted by molar-refractivity contribution is 0.186. The molecule has 0 amide bonds. The van der Waals surface area contributed by atoms with E-state index in [1.807, 2.05) is 37.4 Å². The summed E-state index contributed by atoms with van der Waals surface area (Å²) in [5.41, 5.74) is 2.12. The molecular formula is C19H28IN5OS. The molecule has 3 rings (SSSR count). The van der Waals surface area contributed by atoms with Gasteiger partial charge in [-0.25, -0.2) is 4.98 Å². The molecule has 27 heavy (non-hydrogen) atoms. The van der Waals surface area contributed by atoms with Crippen LogP contribution in [0.25, 0.3) is 0 Å². The van der Waals surface area contributed by atoms with Crippen molar-refractivity contribution in [1.82, 2.24) is 20.2 Å². The van der Waals surface area contributed by atoms with Crippen molar-refractivity contribution in [1.29, 1.82) is 0 Å². The van der Waals surface area contributed by atoms with Gasteiger partial charge in [0.2, 0.25) is 0 Å². The Morgan fingerprint density at radius 2 is 2.07 bits per heavy atom. The molecule has 2 N–H and O–H groups in total. The molecule has 0 radical (unpaired) electrons. The van der Waals surface area contributed by atoms with E-state index in [2.05, 4.69) is 20.2 Å². The molecule has 2 heterocycles. The quantitative estimate of drug-likeness (QED) is 0.362. The number of halogens is 1. The number of aromatic nitrogens is 2. The molecule has 0 spiro atoms. The first-order valence-corrected chi connectivity index (χ1v) is 10.0. The van der Waals surface area contributed by atoms with Gasteiger partial charge in [0.25, 0.3) is 0 Å². The van der Waals surface area contributed by atoms with E-state index in [4.69, 9.17) is 4.98 Å². The third-order valence-electron chi connectivity index (χ3n) is 4.46. The number of pyridine rings is 1. The van der Waals surface area contributed by atoms with Crippen LogP contribution in [-0.4, -0.2) is 46.1 Å². The number of nitrogens with zero attached hydrogens (tertiary/aromatic N) is 4. The van der Waals surface area contributed by atoms with E-state index in [-0.39, 0.29) is 24.0 Å². The second kappa shape index (κ2) is 10.9. The minimum atomic E-state index is -0.632. The Kier molecular flexibility index (Phi) is 8.91. The Balaban J connectivity index is 0.00000261. The van der Waals surface area contributed by atoms with E-state index in [0.717, 1.165) is 36.0 Å². The average Bonchev–Trinajstić information content (AvgIpc) is 3.07. The monoisotopic (exact) mass is 501 g/mol. The van der Waals surface area contributed by atoms with Crippen LogP contribution >= 0.6 is 35.3 Å². The van der Waals surface area contributed by atoms with E-state index in [0.29, 0.717) is 6.54 Å². The standard InChI is InChI=1S/C19H27N5OS.HI/c1-3-21-19(22-12-16(25)14-8-10-20-11-9-14)24(2)13-18-23-15-6-4-5-7-17(15)26-18;/h8-11,16,25H,3-7,12-13H2,1-2H3,(H,21,22);1H. The number of hydrogen-bond acceptors (Lipinski definition) is 5. The molecule has 0 saturated carbocycles. The fourth-order valence-electron chi connectivity index (χ4n) is 3.08. The molecule has 2 aromatic heterocycles. The zero-order valence-electron chi connectivity index (χ0n) is 15.9. The van der Waals surface area contributed by atoms with Gasteiger partial charge in [-0.2, -0.15) is 0 Å². The third-order valence-corrected chi connectivity index (χ3v) is 5.61. The van der Waals surface area contributed by atoms with Crippen molar-refractivity contribution in [2.24, 2.45) is 4.99 Å². The predicted molar refractivity (Wildman–Crippen MR) is 121 cm³/mol. The first-order valence-electron chi connectivity index (χ1n) is 9.22. The van der Waals surface area contributed by atoms with Crippen molar-refractivity contribution in [3.05, 3.63) is 45.7 Å². The molecule has 1 atom stereocenters. The topological polar surface area (TPSA) is 73.6 Å². The Morgan fingerprint density at radius 1 is 1.33 bits per heavy atom. The van der Waals surface area contributed by atoms with Crippen LogP contribution in [0.2, 0.25) is 0 Å². The van der Waals surface area contributed by atoms with Gasteiger partial charge in [-0.3, -0.25) is 9.98 Å². The number of aryl methyl sites for hydroxylation is 2. The summed E-state index contributed by atoms with van der Waals surface area (Å²) in [7, 11) is 2.01. The van der Waals surface area contributed by atoms with Crippen LogP contribution in [0.1, 0.15) is 47.0 Å². The molecule has 2 aromatic rings. The van der Waals surface area contributed by atoms with E-state index < -0.39 is 6.10 Å². The van der Waals surface area contributed by atoms with Crippen LogP contribution in [0.15, 0.2) is 29.5 Å². The zero-order chi connectivity index (χ0) is 18.4. The summed E-state index contributed by atoms with van der Waals surface area (Å²) in [6.45, 7) is 3.87. The van der Waals surface area contributed by atoms with Crippen LogP contribution in [-0.2, 0) is 19.4 Å². The first kappa shape index (κ1) is 22.0. The predicted octanol–water partition coefficient (Wildman–Crippen LogP) is 3.17. The molecule has 0 aromatic carbocycles. The lowest BCUT2D eigenvalue weighted by Gasteiger charge is -2.21. The molecule has 6 nitrogen and oxygen atoms in total. The van der Waals surface area contributed by atoms with Crippen molar-refractivity contribution < 1.29 is 5.11 Å². The van der Waals surface area contributed by atoms with Gasteiger partial charge in [-0.05, 0) is 50.3 Å².